The maximum absolute atomic E-state index is 13.9. The van der Waals surface area contributed by atoms with E-state index in [2.05, 4.69) is 5.32 Å². The predicted octanol–water partition coefficient (Wildman–Crippen LogP) is 6.75. The van der Waals surface area contributed by atoms with Crippen molar-refractivity contribution in [2.24, 2.45) is 0 Å². The Balaban J connectivity index is 1.91. The van der Waals surface area contributed by atoms with Crippen LogP contribution in [0.25, 0.3) is 0 Å². The van der Waals surface area contributed by atoms with Gasteiger partial charge in [-0.3, -0.25) is 13.9 Å². The molecule has 0 radical (unpaired) electrons. The van der Waals surface area contributed by atoms with Gasteiger partial charge in [-0.25, -0.2) is 8.42 Å². The van der Waals surface area contributed by atoms with Crippen LogP contribution in [-0.4, -0.2) is 50.0 Å². The molecule has 2 atom stereocenters. The number of hydrogen-bond donors (Lipinski definition) is 1. The highest BCUT2D eigenvalue weighted by atomic mass is 35.5. The Kier molecular flexibility index (Phi) is 12.5. The molecule has 11 heteroatoms. The fourth-order valence-electron chi connectivity index (χ4n) is 4.44. The summed E-state index contributed by atoms with van der Waals surface area (Å²) in [7, 11) is -3.62. The van der Waals surface area contributed by atoms with E-state index in [1.807, 2.05) is 44.2 Å². The summed E-state index contributed by atoms with van der Waals surface area (Å²) in [6.07, 6.45) is 2.41. The molecule has 0 saturated carbocycles. The number of anilines is 1. The monoisotopic (exact) mass is 651 g/mol. The first-order chi connectivity index (χ1) is 19.9. The van der Waals surface area contributed by atoms with Crippen LogP contribution in [0, 0.1) is 0 Å². The molecule has 0 aliphatic heterocycles. The van der Waals surface area contributed by atoms with Crippen molar-refractivity contribution >= 4 is 62.3 Å². The third-order valence-electron chi connectivity index (χ3n) is 6.88. The standard InChI is InChI=1S/C31H36Cl3N3O4S/c1-4-22(2)35-31(39)29(20-23-9-6-5-7-10-23)36(21-24-12-17-27(33)28(34)19-24)30(38)11-8-18-37(42(3,40)41)26-15-13-25(32)14-16-26/h5-7,9-10,12-17,19,22,29H,4,8,11,18,20-21H2,1-3H3,(H,35,39)/t22-,29-/m1/s1. The maximum Gasteiger partial charge on any atom is 0.243 e. The number of nitrogens with one attached hydrogen (secondary N) is 1. The third kappa shape index (κ3) is 9.90. The first-order valence-electron chi connectivity index (χ1n) is 13.7. The second kappa shape index (κ2) is 15.6. The smallest absolute Gasteiger partial charge is 0.243 e. The Hall–Kier alpha value is -2.78. The van der Waals surface area contributed by atoms with E-state index >= 15 is 0 Å². The first kappa shape index (κ1) is 33.7. The fraction of sp³-hybridized carbons (Fsp3) is 0.355. The number of carbonyl (C=O) groups is 2. The van der Waals surface area contributed by atoms with Crippen LogP contribution in [0.15, 0.2) is 72.8 Å². The molecule has 3 aromatic rings. The van der Waals surface area contributed by atoms with Gasteiger partial charge in [-0.05, 0) is 67.3 Å². The zero-order valence-electron chi connectivity index (χ0n) is 23.9. The zero-order chi connectivity index (χ0) is 30.9. The van der Waals surface area contributed by atoms with Crippen molar-refractivity contribution in [3.63, 3.8) is 0 Å². The third-order valence-corrected chi connectivity index (χ3v) is 9.06. The van der Waals surface area contributed by atoms with Gasteiger partial charge in [-0.15, -0.1) is 0 Å². The van der Waals surface area contributed by atoms with Gasteiger partial charge in [0.15, 0.2) is 0 Å². The van der Waals surface area contributed by atoms with E-state index in [9.17, 15) is 18.0 Å². The zero-order valence-corrected chi connectivity index (χ0v) is 27.0. The number of amides is 2. The molecule has 0 aliphatic carbocycles. The molecule has 3 rings (SSSR count). The van der Waals surface area contributed by atoms with Gasteiger partial charge in [0.1, 0.15) is 6.04 Å². The van der Waals surface area contributed by atoms with Gasteiger partial charge < -0.3 is 10.2 Å². The number of nitrogens with zero attached hydrogens (tertiary/aromatic N) is 2. The van der Waals surface area contributed by atoms with E-state index in [1.54, 1.807) is 47.4 Å². The summed E-state index contributed by atoms with van der Waals surface area (Å²) in [5, 5.41) is 4.25. The Morgan fingerprint density at radius 3 is 2.17 bits per heavy atom. The van der Waals surface area contributed by atoms with E-state index in [0.29, 0.717) is 32.7 Å². The van der Waals surface area contributed by atoms with Crippen molar-refractivity contribution in [3.8, 4) is 0 Å². The molecule has 1 N–H and O–H groups in total. The summed E-state index contributed by atoms with van der Waals surface area (Å²) in [5.74, 6) is -0.550. The van der Waals surface area contributed by atoms with E-state index in [0.717, 1.165) is 18.2 Å². The Labute approximate surface area is 263 Å². The molecule has 7 nitrogen and oxygen atoms in total. The minimum atomic E-state index is -3.62. The number of benzene rings is 3. The summed E-state index contributed by atoms with van der Waals surface area (Å²) in [6.45, 7) is 4.09. The molecular formula is C31H36Cl3N3O4S. The molecule has 3 aromatic carbocycles. The van der Waals surface area contributed by atoms with Crippen LogP contribution in [-0.2, 0) is 32.6 Å². The first-order valence-corrected chi connectivity index (χ1v) is 16.7. The van der Waals surface area contributed by atoms with Gasteiger partial charge in [-0.2, -0.15) is 0 Å². The van der Waals surface area contributed by atoms with Gasteiger partial charge in [0, 0.05) is 37.0 Å². The molecule has 0 spiro atoms. The Bertz CT molecular complexity index is 1450. The van der Waals surface area contributed by atoms with Crippen molar-refractivity contribution in [3.05, 3.63) is 99.0 Å². The minimum absolute atomic E-state index is 0.0167. The van der Waals surface area contributed by atoms with E-state index < -0.39 is 16.1 Å². The topological polar surface area (TPSA) is 86.8 Å². The molecule has 2 amide bonds. The Morgan fingerprint density at radius 2 is 1.57 bits per heavy atom. The van der Waals surface area contributed by atoms with E-state index in [1.165, 1.54) is 4.31 Å². The van der Waals surface area contributed by atoms with Gasteiger partial charge in [0.05, 0.1) is 22.0 Å². The van der Waals surface area contributed by atoms with Crippen molar-refractivity contribution in [2.75, 3.05) is 17.1 Å². The van der Waals surface area contributed by atoms with Crippen LogP contribution in [0.1, 0.15) is 44.2 Å². The average molecular weight is 653 g/mol. The summed E-state index contributed by atoms with van der Waals surface area (Å²) in [6, 6.07) is 20.2. The van der Waals surface area contributed by atoms with Crippen LogP contribution in [0.5, 0.6) is 0 Å². The number of hydrogen-bond acceptors (Lipinski definition) is 4. The van der Waals surface area contributed by atoms with Crippen LogP contribution in [0.2, 0.25) is 15.1 Å². The van der Waals surface area contributed by atoms with Crippen LogP contribution < -0.4 is 9.62 Å². The van der Waals surface area contributed by atoms with Gasteiger partial charge in [-0.1, -0.05) is 78.1 Å². The number of rotatable bonds is 14. The highest BCUT2D eigenvalue weighted by Gasteiger charge is 2.31. The molecule has 0 unspecified atom stereocenters. The predicted molar refractivity (Wildman–Crippen MR) is 172 cm³/mol. The Morgan fingerprint density at radius 1 is 0.905 bits per heavy atom. The second-order valence-electron chi connectivity index (χ2n) is 10.2. The molecule has 0 saturated heterocycles. The SMILES string of the molecule is CC[C@@H](C)NC(=O)[C@@H](Cc1ccccc1)N(Cc1ccc(Cl)c(Cl)c1)C(=O)CCCN(c1ccc(Cl)cc1)S(C)(=O)=O. The van der Waals surface area contributed by atoms with Gasteiger partial charge in [0.25, 0.3) is 0 Å². The number of carbonyl (C=O) groups excluding carboxylic acids is 2. The summed E-state index contributed by atoms with van der Waals surface area (Å²) in [5.41, 5.74) is 2.07. The van der Waals surface area contributed by atoms with Gasteiger partial charge in [0.2, 0.25) is 21.8 Å². The quantitative estimate of drug-likeness (QED) is 0.209. The van der Waals surface area contributed by atoms with Crippen molar-refractivity contribution in [1.29, 1.82) is 0 Å². The molecule has 42 heavy (non-hydrogen) atoms. The maximum atomic E-state index is 13.9. The fourth-order valence-corrected chi connectivity index (χ4v) is 5.85. The second-order valence-corrected chi connectivity index (χ2v) is 13.4. The highest BCUT2D eigenvalue weighted by molar-refractivity contribution is 7.92. The molecule has 0 fully saturated rings. The summed E-state index contributed by atoms with van der Waals surface area (Å²) >= 11 is 18.4. The molecule has 0 aliphatic rings. The summed E-state index contributed by atoms with van der Waals surface area (Å²) in [4.78, 5) is 29.1. The lowest BCUT2D eigenvalue weighted by Crippen LogP contribution is -2.52. The average Bonchev–Trinajstić information content (AvgIpc) is 2.95. The largest absolute Gasteiger partial charge is 0.352 e. The molecule has 0 heterocycles. The molecule has 0 aromatic heterocycles. The van der Waals surface area contributed by atoms with Crippen molar-refractivity contribution < 1.29 is 18.0 Å². The van der Waals surface area contributed by atoms with Crippen LogP contribution in [0.3, 0.4) is 0 Å². The summed E-state index contributed by atoms with van der Waals surface area (Å²) < 4.78 is 26.4. The van der Waals surface area contributed by atoms with Crippen molar-refractivity contribution in [2.45, 2.75) is 58.2 Å². The van der Waals surface area contributed by atoms with Crippen LogP contribution >= 0.6 is 34.8 Å². The molecule has 226 valence electrons. The number of halogens is 3. The normalized spacial score (nSPS) is 12.8. The molecule has 0 bridgehead atoms. The van der Waals surface area contributed by atoms with Crippen molar-refractivity contribution in [1.82, 2.24) is 10.2 Å². The molecular weight excluding hydrogens is 617 g/mol. The highest BCUT2D eigenvalue weighted by Crippen LogP contribution is 2.25. The van der Waals surface area contributed by atoms with Crippen LogP contribution in [0.4, 0.5) is 5.69 Å². The van der Waals surface area contributed by atoms with Gasteiger partial charge >= 0.3 is 0 Å². The van der Waals surface area contributed by atoms with E-state index in [-0.39, 0.29) is 43.8 Å². The lowest BCUT2D eigenvalue weighted by molar-refractivity contribution is -0.141. The lowest BCUT2D eigenvalue weighted by atomic mass is 10.0. The number of sulfonamides is 1. The minimum Gasteiger partial charge on any atom is -0.352 e. The van der Waals surface area contributed by atoms with E-state index in [4.69, 9.17) is 34.8 Å². The lowest BCUT2D eigenvalue weighted by Gasteiger charge is -2.33.